The number of hydrogen-bond donors (Lipinski definition) is 1. The van der Waals surface area contributed by atoms with Gasteiger partial charge in [-0.25, -0.2) is 0 Å². The summed E-state index contributed by atoms with van der Waals surface area (Å²) in [7, 11) is 0. The molecule has 0 radical (unpaired) electrons. The van der Waals surface area contributed by atoms with Crippen molar-refractivity contribution in [2.24, 2.45) is 5.92 Å². The van der Waals surface area contributed by atoms with E-state index in [-0.39, 0.29) is 12.2 Å². The number of carboxylic acids is 1. The van der Waals surface area contributed by atoms with Crippen LogP contribution in [0.5, 0.6) is 0 Å². The molecular weight excluding hydrogens is 180 g/mol. The third-order valence-corrected chi connectivity index (χ3v) is 2.66. The van der Waals surface area contributed by atoms with Gasteiger partial charge in [0, 0.05) is 12.8 Å². The summed E-state index contributed by atoms with van der Waals surface area (Å²) in [4.78, 5) is 21.4. The van der Waals surface area contributed by atoms with E-state index in [2.05, 4.69) is 6.92 Å². The first-order chi connectivity index (χ1) is 6.59. The van der Waals surface area contributed by atoms with E-state index in [0.29, 0.717) is 18.8 Å². The first kappa shape index (κ1) is 11.0. The fraction of sp³-hybridized carbons (Fsp3) is 0.636. The summed E-state index contributed by atoms with van der Waals surface area (Å²) in [5.74, 6) is -0.129. The molecule has 0 aromatic carbocycles. The van der Waals surface area contributed by atoms with Crippen LogP contribution >= 0.6 is 0 Å². The topological polar surface area (TPSA) is 54.4 Å². The molecule has 0 aromatic rings. The van der Waals surface area contributed by atoms with Crippen molar-refractivity contribution in [3.8, 4) is 0 Å². The molecule has 78 valence electrons. The molecule has 1 aliphatic carbocycles. The Balaban J connectivity index is 2.41. The maximum Gasteiger partial charge on any atom is 0.303 e. The van der Waals surface area contributed by atoms with Crippen LogP contribution in [0.1, 0.15) is 39.0 Å². The summed E-state index contributed by atoms with van der Waals surface area (Å²) in [6.07, 6.45) is 4.84. The molecule has 1 N–H and O–H groups in total. The molecule has 3 heteroatoms. The third kappa shape index (κ3) is 3.32. The highest BCUT2D eigenvalue weighted by atomic mass is 16.4. The lowest BCUT2D eigenvalue weighted by atomic mass is 9.86. The molecule has 0 saturated heterocycles. The normalized spacial score (nSPS) is 21.9. The predicted molar refractivity (Wildman–Crippen MR) is 53.0 cm³/mol. The van der Waals surface area contributed by atoms with Gasteiger partial charge in [0.1, 0.15) is 0 Å². The number of aliphatic carboxylic acids is 1. The zero-order chi connectivity index (χ0) is 10.6. The van der Waals surface area contributed by atoms with Gasteiger partial charge < -0.3 is 5.11 Å². The van der Waals surface area contributed by atoms with E-state index in [1.165, 1.54) is 0 Å². The van der Waals surface area contributed by atoms with E-state index in [1.54, 1.807) is 6.08 Å². The first-order valence-corrected chi connectivity index (χ1v) is 5.04. The monoisotopic (exact) mass is 196 g/mol. The SMILES string of the molecule is C[C@H]1CCC(=O)C=C1CCCC(=O)O. The number of carbonyl (C=O) groups excluding carboxylic acids is 1. The van der Waals surface area contributed by atoms with E-state index in [0.717, 1.165) is 18.4 Å². The van der Waals surface area contributed by atoms with Crippen molar-refractivity contribution in [2.45, 2.75) is 39.0 Å². The van der Waals surface area contributed by atoms with Crippen molar-refractivity contribution < 1.29 is 14.7 Å². The number of rotatable bonds is 4. The molecule has 1 aliphatic rings. The Kier molecular flexibility index (Phi) is 3.86. The van der Waals surface area contributed by atoms with Crippen molar-refractivity contribution in [3.63, 3.8) is 0 Å². The van der Waals surface area contributed by atoms with Gasteiger partial charge in [-0.1, -0.05) is 12.5 Å². The van der Waals surface area contributed by atoms with Crippen LogP contribution in [0, 0.1) is 5.92 Å². The van der Waals surface area contributed by atoms with E-state index in [9.17, 15) is 9.59 Å². The smallest absolute Gasteiger partial charge is 0.303 e. The summed E-state index contributed by atoms with van der Waals surface area (Å²) in [5, 5.41) is 8.47. The Bertz CT molecular complexity index is 266. The predicted octanol–water partition coefficient (Wildman–Crippen LogP) is 2.17. The number of carboxylic acid groups (broad SMARTS) is 1. The molecule has 0 unspecified atom stereocenters. The van der Waals surface area contributed by atoms with Crippen molar-refractivity contribution in [1.82, 2.24) is 0 Å². The summed E-state index contributed by atoms with van der Waals surface area (Å²) in [6.45, 7) is 2.10. The fourth-order valence-electron chi connectivity index (χ4n) is 1.73. The number of ketones is 1. The zero-order valence-corrected chi connectivity index (χ0v) is 8.45. The maximum atomic E-state index is 11.1. The molecular formula is C11H16O3. The molecule has 0 saturated carbocycles. The van der Waals surface area contributed by atoms with Crippen LogP contribution in [0.25, 0.3) is 0 Å². The Morgan fingerprint density at radius 2 is 2.36 bits per heavy atom. The van der Waals surface area contributed by atoms with Crippen LogP contribution in [0.4, 0.5) is 0 Å². The van der Waals surface area contributed by atoms with Gasteiger partial charge >= 0.3 is 5.97 Å². The lowest BCUT2D eigenvalue weighted by molar-refractivity contribution is -0.137. The van der Waals surface area contributed by atoms with Crippen LogP contribution in [-0.2, 0) is 9.59 Å². The molecule has 0 aliphatic heterocycles. The van der Waals surface area contributed by atoms with Crippen molar-refractivity contribution >= 4 is 11.8 Å². The molecule has 0 fully saturated rings. The molecule has 1 atom stereocenters. The first-order valence-electron chi connectivity index (χ1n) is 5.04. The van der Waals surface area contributed by atoms with Gasteiger partial charge in [-0.2, -0.15) is 0 Å². The molecule has 14 heavy (non-hydrogen) atoms. The van der Waals surface area contributed by atoms with Gasteiger partial charge in [-0.3, -0.25) is 9.59 Å². The average Bonchev–Trinajstić information content (AvgIpc) is 2.10. The van der Waals surface area contributed by atoms with Crippen molar-refractivity contribution in [1.29, 1.82) is 0 Å². The molecule has 0 amide bonds. The molecule has 3 nitrogen and oxygen atoms in total. The highest BCUT2D eigenvalue weighted by Gasteiger charge is 2.17. The highest BCUT2D eigenvalue weighted by Crippen LogP contribution is 2.26. The van der Waals surface area contributed by atoms with Crippen molar-refractivity contribution in [3.05, 3.63) is 11.6 Å². The zero-order valence-electron chi connectivity index (χ0n) is 8.45. The minimum absolute atomic E-state index is 0.188. The lowest BCUT2D eigenvalue weighted by Gasteiger charge is -2.19. The van der Waals surface area contributed by atoms with Crippen LogP contribution in [0.3, 0.4) is 0 Å². The Morgan fingerprint density at radius 1 is 1.64 bits per heavy atom. The number of carbonyl (C=O) groups is 2. The molecule has 0 bridgehead atoms. The molecule has 0 spiro atoms. The average molecular weight is 196 g/mol. The molecule has 0 aromatic heterocycles. The van der Waals surface area contributed by atoms with Gasteiger partial charge in [-0.05, 0) is 31.3 Å². The Morgan fingerprint density at radius 3 is 3.00 bits per heavy atom. The maximum absolute atomic E-state index is 11.1. The van der Waals surface area contributed by atoms with Gasteiger partial charge in [0.25, 0.3) is 0 Å². The van der Waals surface area contributed by atoms with Gasteiger partial charge in [0.2, 0.25) is 0 Å². The summed E-state index contributed by atoms with van der Waals surface area (Å²) in [5.41, 5.74) is 1.13. The third-order valence-electron chi connectivity index (χ3n) is 2.66. The fourth-order valence-corrected chi connectivity index (χ4v) is 1.73. The minimum atomic E-state index is -0.764. The van der Waals surface area contributed by atoms with E-state index in [1.807, 2.05) is 0 Å². The van der Waals surface area contributed by atoms with Crippen molar-refractivity contribution in [2.75, 3.05) is 0 Å². The largest absolute Gasteiger partial charge is 0.481 e. The molecule has 0 heterocycles. The van der Waals surface area contributed by atoms with E-state index < -0.39 is 5.97 Å². The Labute approximate surface area is 83.8 Å². The van der Waals surface area contributed by atoms with Gasteiger partial charge in [-0.15, -0.1) is 0 Å². The quantitative estimate of drug-likeness (QED) is 0.749. The van der Waals surface area contributed by atoms with Crippen LogP contribution in [0.15, 0.2) is 11.6 Å². The minimum Gasteiger partial charge on any atom is -0.481 e. The lowest BCUT2D eigenvalue weighted by Crippen LogP contribution is -2.11. The number of allylic oxidation sites excluding steroid dienone is 2. The highest BCUT2D eigenvalue weighted by molar-refractivity contribution is 5.91. The number of hydrogen-bond acceptors (Lipinski definition) is 2. The summed E-state index contributed by atoms with van der Waals surface area (Å²) >= 11 is 0. The molecule has 1 rings (SSSR count). The van der Waals surface area contributed by atoms with Gasteiger partial charge in [0.15, 0.2) is 5.78 Å². The second-order valence-corrected chi connectivity index (χ2v) is 3.87. The summed E-state index contributed by atoms with van der Waals surface area (Å²) < 4.78 is 0. The standard InChI is InChI=1S/C11H16O3/c1-8-5-6-10(12)7-9(8)3-2-4-11(13)14/h7-8H,2-6H2,1H3,(H,13,14)/t8-/m0/s1. The van der Waals surface area contributed by atoms with E-state index >= 15 is 0 Å². The second-order valence-electron chi connectivity index (χ2n) is 3.87. The Hall–Kier alpha value is -1.12. The van der Waals surface area contributed by atoms with Crippen LogP contribution < -0.4 is 0 Å². The van der Waals surface area contributed by atoms with Crippen LogP contribution in [-0.4, -0.2) is 16.9 Å². The summed E-state index contributed by atoms with van der Waals surface area (Å²) in [6, 6.07) is 0. The van der Waals surface area contributed by atoms with E-state index in [4.69, 9.17) is 5.11 Å². The second kappa shape index (κ2) is 4.94. The van der Waals surface area contributed by atoms with Gasteiger partial charge in [0.05, 0.1) is 0 Å². The van der Waals surface area contributed by atoms with Crippen LogP contribution in [0.2, 0.25) is 0 Å².